The van der Waals surface area contributed by atoms with E-state index in [2.05, 4.69) is 45.8 Å². The third-order valence-electron chi connectivity index (χ3n) is 7.09. The molecule has 3 aromatic heterocycles. The van der Waals surface area contributed by atoms with Gasteiger partial charge in [-0.05, 0) is 61.4 Å². The van der Waals surface area contributed by atoms with E-state index in [1.807, 2.05) is 59.8 Å². The quantitative estimate of drug-likeness (QED) is 0.403. The van der Waals surface area contributed by atoms with Crippen molar-refractivity contribution < 1.29 is 4.79 Å². The van der Waals surface area contributed by atoms with E-state index in [-0.39, 0.29) is 5.91 Å². The number of rotatable bonds is 6. The Morgan fingerprint density at radius 3 is 2.09 bits per heavy atom. The van der Waals surface area contributed by atoms with Gasteiger partial charge in [-0.1, -0.05) is 36.4 Å². The summed E-state index contributed by atoms with van der Waals surface area (Å²) < 4.78 is 0. The minimum absolute atomic E-state index is 0.0212. The molecule has 1 amide bonds. The van der Waals surface area contributed by atoms with Gasteiger partial charge in [0.2, 0.25) is 0 Å². The van der Waals surface area contributed by atoms with Crippen LogP contribution in [0.4, 0.5) is 0 Å². The van der Waals surface area contributed by atoms with Crippen LogP contribution >= 0.6 is 0 Å². The highest BCUT2D eigenvalue weighted by atomic mass is 16.2. The zero-order valence-electron chi connectivity index (χ0n) is 20.4. The highest BCUT2D eigenvalue weighted by molar-refractivity contribution is 6.05. The molecule has 1 saturated heterocycles. The number of aryl methyl sites for hydroxylation is 2. The molecule has 0 saturated carbocycles. The van der Waals surface area contributed by atoms with Crippen LogP contribution in [-0.2, 0) is 13.1 Å². The predicted molar refractivity (Wildman–Crippen MR) is 138 cm³/mol. The fraction of sp³-hybridized carbons (Fsp3) is 0.310. The Hall–Kier alpha value is -3.64. The Labute approximate surface area is 206 Å². The van der Waals surface area contributed by atoms with Crippen molar-refractivity contribution in [3.05, 3.63) is 101 Å². The summed E-state index contributed by atoms with van der Waals surface area (Å²) in [5, 5.41) is 1.96. The summed E-state index contributed by atoms with van der Waals surface area (Å²) in [7, 11) is 0. The second-order valence-corrected chi connectivity index (χ2v) is 9.34. The van der Waals surface area contributed by atoms with Crippen LogP contribution in [0, 0.1) is 13.8 Å². The Balaban J connectivity index is 1.33. The van der Waals surface area contributed by atoms with Crippen LogP contribution in [0.15, 0.2) is 73.2 Å². The molecule has 0 radical (unpaired) electrons. The average Bonchev–Trinajstić information content (AvgIpc) is 2.90. The molecule has 0 bridgehead atoms. The lowest BCUT2D eigenvalue weighted by Gasteiger charge is -2.38. The van der Waals surface area contributed by atoms with E-state index < -0.39 is 0 Å². The van der Waals surface area contributed by atoms with Crippen LogP contribution in [0.2, 0.25) is 0 Å². The monoisotopic (exact) mass is 465 g/mol. The van der Waals surface area contributed by atoms with Gasteiger partial charge in [-0.25, -0.2) is 0 Å². The number of carbonyl (C=O) groups excluding carboxylic acids is 1. The smallest absolute Gasteiger partial charge is 0.273 e. The van der Waals surface area contributed by atoms with Crippen LogP contribution < -0.4 is 0 Å². The summed E-state index contributed by atoms with van der Waals surface area (Å²) in [4.78, 5) is 31.6. The average molecular weight is 466 g/mol. The number of aromatic nitrogens is 3. The number of hydrogen-bond acceptors (Lipinski definition) is 5. The number of benzene rings is 1. The van der Waals surface area contributed by atoms with Crippen LogP contribution in [0.1, 0.15) is 45.8 Å². The van der Waals surface area contributed by atoms with Crippen LogP contribution in [0.5, 0.6) is 0 Å². The van der Waals surface area contributed by atoms with Crippen molar-refractivity contribution in [1.82, 2.24) is 24.8 Å². The van der Waals surface area contributed by atoms with Gasteiger partial charge in [-0.2, -0.15) is 0 Å². The van der Waals surface area contributed by atoms with E-state index in [0.717, 1.165) is 48.1 Å². The van der Waals surface area contributed by atoms with Crippen LogP contribution in [0.3, 0.4) is 0 Å². The molecule has 0 spiro atoms. The van der Waals surface area contributed by atoms with Gasteiger partial charge in [0.05, 0.1) is 11.4 Å². The first-order valence-corrected chi connectivity index (χ1v) is 12.3. The van der Waals surface area contributed by atoms with Crippen molar-refractivity contribution in [3.8, 4) is 0 Å². The van der Waals surface area contributed by atoms with Crippen molar-refractivity contribution in [1.29, 1.82) is 0 Å². The number of pyridine rings is 3. The Kier molecular flexibility index (Phi) is 6.82. The lowest BCUT2D eigenvalue weighted by molar-refractivity contribution is 0.0586. The lowest BCUT2D eigenvalue weighted by atomic mass is 10.0. The highest BCUT2D eigenvalue weighted by Crippen LogP contribution is 2.25. The zero-order chi connectivity index (χ0) is 24.2. The van der Waals surface area contributed by atoms with E-state index in [1.54, 1.807) is 6.20 Å². The van der Waals surface area contributed by atoms with Crippen LogP contribution in [0.25, 0.3) is 10.8 Å². The van der Waals surface area contributed by atoms with Gasteiger partial charge in [0.25, 0.3) is 5.91 Å². The minimum Gasteiger partial charge on any atom is -0.337 e. The number of carbonyl (C=O) groups is 1. The molecular formula is C29H31N5O. The first-order valence-electron chi connectivity index (χ1n) is 12.3. The molecule has 1 fully saturated rings. The standard InChI is InChI=1S/C29H31N5O/c1-21-7-5-14-30-26(21)19-34(20-27-22(2)8-6-15-31-27)24-12-17-33(18-13-24)29(35)28-25-10-4-3-9-23(25)11-16-32-28/h3-11,14-16,24H,12-13,17-20H2,1-2H3. The van der Waals surface area contributed by atoms with Gasteiger partial charge < -0.3 is 4.90 Å². The predicted octanol–water partition coefficient (Wildman–Crippen LogP) is 4.95. The molecule has 0 unspecified atom stereocenters. The van der Waals surface area contributed by atoms with E-state index in [9.17, 15) is 4.79 Å². The van der Waals surface area contributed by atoms with Crippen molar-refractivity contribution in [2.75, 3.05) is 13.1 Å². The molecule has 4 heterocycles. The van der Waals surface area contributed by atoms with Gasteiger partial charge in [0.1, 0.15) is 5.69 Å². The molecule has 5 rings (SSSR count). The van der Waals surface area contributed by atoms with Gasteiger partial charge >= 0.3 is 0 Å². The molecule has 1 aliphatic rings. The number of piperidine rings is 1. The van der Waals surface area contributed by atoms with Gasteiger partial charge in [-0.3, -0.25) is 24.6 Å². The lowest BCUT2D eigenvalue weighted by Crippen LogP contribution is -2.46. The Bertz CT molecular complexity index is 1280. The third-order valence-corrected chi connectivity index (χ3v) is 7.09. The SMILES string of the molecule is Cc1cccnc1CN(Cc1ncccc1C)C1CCN(C(=O)c2nccc3ccccc23)CC1. The largest absolute Gasteiger partial charge is 0.337 e. The number of hydrogen-bond donors (Lipinski definition) is 0. The molecule has 0 N–H and O–H groups in total. The summed E-state index contributed by atoms with van der Waals surface area (Å²) in [6.45, 7) is 7.20. The fourth-order valence-corrected chi connectivity index (χ4v) is 4.94. The molecule has 4 aromatic rings. The molecule has 6 nitrogen and oxygen atoms in total. The second-order valence-electron chi connectivity index (χ2n) is 9.34. The minimum atomic E-state index is 0.0212. The molecule has 0 aliphatic carbocycles. The van der Waals surface area contributed by atoms with Crippen molar-refractivity contribution in [2.45, 2.75) is 45.8 Å². The molecule has 178 valence electrons. The number of nitrogens with zero attached hydrogens (tertiary/aromatic N) is 5. The second kappa shape index (κ2) is 10.3. The van der Waals surface area contributed by atoms with E-state index in [0.29, 0.717) is 24.8 Å². The van der Waals surface area contributed by atoms with Gasteiger partial charge in [-0.15, -0.1) is 0 Å². The fourth-order valence-electron chi connectivity index (χ4n) is 4.94. The highest BCUT2D eigenvalue weighted by Gasteiger charge is 2.29. The maximum absolute atomic E-state index is 13.4. The molecule has 1 aromatic carbocycles. The molecule has 1 aliphatic heterocycles. The van der Waals surface area contributed by atoms with Crippen LogP contribution in [-0.4, -0.2) is 49.8 Å². The maximum Gasteiger partial charge on any atom is 0.273 e. The van der Waals surface area contributed by atoms with Gasteiger partial charge in [0, 0.05) is 56.2 Å². The molecule has 6 heteroatoms. The topological polar surface area (TPSA) is 62.2 Å². The normalized spacial score (nSPS) is 14.5. The molecule has 35 heavy (non-hydrogen) atoms. The number of likely N-dealkylation sites (tertiary alicyclic amines) is 1. The summed E-state index contributed by atoms with van der Waals surface area (Å²) in [5.41, 5.74) is 5.14. The maximum atomic E-state index is 13.4. The summed E-state index contributed by atoms with van der Waals surface area (Å²) >= 11 is 0. The van der Waals surface area contributed by atoms with E-state index in [4.69, 9.17) is 0 Å². The Morgan fingerprint density at radius 2 is 1.46 bits per heavy atom. The molecule has 0 atom stereocenters. The summed E-state index contributed by atoms with van der Waals surface area (Å²) in [5.74, 6) is 0.0212. The Morgan fingerprint density at radius 1 is 0.829 bits per heavy atom. The molecular weight excluding hydrogens is 434 g/mol. The zero-order valence-corrected chi connectivity index (χ0v) is 20.4. The van der Waals surface area contributed by atoms with Crippen molar-refractivity contribution in [3.63, 3.8) is 0 Å². The van der Waals surface area contributed by atoms with E-state index >= 15 is 0 Å². The van der Waals surface area contributed by atoms with Crippen molar-refractivity contribution >= 4 is 16.7 Å². The van der Waals surface area contributed by atoms with E-state index in [1.165, 1.54) is 11.1 Å². The number of fused-ring (bicyclic) bond motifs is 1. The summed E-state index contributed by atoms with van der Waals surface area (Å²) in [6.07, 6.45) is 7.28. The van der Waals surface area contributed by atoms with Gasteiger partial charge in [0.15, 0.2) is 0 Å². The first kappa shape index (κ1) is 23.1. The third kappa shape index (κ3) is 5.08. The number of amides is 1. The summed E-state index contributed by atoms with van der Waals surface area (Å²) in [6, 6.07) is 18.5. The first-order chi connectivity index (χ1) is 17.1. The van der Waals surface area contributed by atoms with Crippen molar-refractivity contribution in [2.24, 2.45) is 0 Å².